The first kappa shape index (κ1) is 14.9. The zero-order valence-electron chi connectivity index (χ0n) is 12.3. The lowest BCUT2D eigenvalue weighted by atomic mass is 10.00. The molecule has 1 nitrogen and oxygen atoms in total. The topological polar surface area (TPSA) is 12.0 Å². The largest absolute Gasteiger partial charge is 0.306 e. The molecule has 1 fully saturated rings. The summed E-state index contributed by atoms with van der Waals surface area (Å²) in [7, 11) is 0. The first-order valence-electron chi connectivity index (χ1n) is 7.69. The molecular weight excluding hydrogens is 250 g/mol. The van der Waals surface area contributed by atoms with Gasteiger partial charge in [0, 0.05) is 17.3 Å². The second-order valence-corrected chi connectivity index (χ2v) is 6.66. The van der Waals surface area contributed by atoms with E-state index in [0.29, 0.717) is 12.1 Å². The Bertz CT molecular complexity index is 352. The smallest absolute Gasteiger partial charge is 0.0323 e. The number of rotatable bonds is 7. The summed E-state index contributed by atoms with van der Waals surface area (Å²) in [5, 5.41) is 4.76. The van der Waals surface area contributed by atoms with Crippen molar-refractivity contribution >= 4 is 11.8 Å². The molecule has 0 aliphatic heterocycles. The molecule has 106 valence electrons. The summed E-state index contributed by atoms with van der Waals surface area (Å²) in [6.45, 7) is 2.28. The minimum atomic E-state index is 0.541. The number of hydrogen-bond acceptors (Lipinski definition) is 2. The van der Waals surface area contributed by atoms with Crippen molar-refractivity contribution < 1.29 is 0 Å². The van der Waals surface area contributed by atoms with Crippen molar-refractivity contribution in [1.82, 2.24) is 5.32 Å². The van der Waals surface area contributed by atoms with E-state index in [0.717, 1.165) is 5.25 Å². The van der Waals surface area contributed by atoms with Crippen molar-refractivity contribution in [2.45, 2.75) is 62.8 Å². The van der Waals surface area contributed by atoms with Gasteiger partial charge in [0.15, 0.2) is 0 Å². The summed E-state index contributed by atoms with van der Waals surface area (Å²) < 4.78 is 0. The third-order valence-electron chi connectivity index (χ3n) is 4.22. The summed E-state index contributed by atoms with van der Waals surface area (Å²) in [6, 6.07) is 12.2. The van der Waals surface area contributed by atoms with Gasteiger partial charge in [0.05, 0.1) is 0 Å². The van der Waals surface area contributed by atoms with Crippen LogP contribution in [0.4, 0.5) is 0 Å². The average Bonchev–Trinajstić information content (AvgIpc) is 2.91. The number of unbranched alkanes of at least 4 members (excludes halogenated alkanes) is 1. The highest BCUT2D eigenvalue weighted by Crippen LogP contribution is 2.31. The second-order valence-electron chi connectivity index (χ2n) is 5.58. The highest BCUT2D eigenvalue weighted by atomic mass is 32.2. The van der Waals surface area contributed by atoms with E-state index in [1.54, 1.807) is 0 Å². The fraction of sp³-hybridized carbons (Fsp3) is 0.647. The maximum Gasteiger partial charge on any atom is 0.0323 e. The number of benzene rings is 1. The summed E-state index contributed by atoms with van der Waals surface area (Å²) in [4.78, 5) is 0. The van der Waals surface area contributed by atoms with Gasteiger partial charge in [0.25, 0.3) is 0 Å². The molecule has 0 radical (unpaired) electrons. The molecule has 2 heteroatoms. The van der Waals surface area contributed by atoms with Crippen LogP contribution in [0.25, 0.3) is 0 Å². The van der Waals surface area contributed by atoms with E-state index in [9.17, 15) is 0 Å². The molecule has 3 unspecified atom stereocenters. The van der Waals surface area contributed by atoms with Crippen molar-refractivity contribution in [3.63, 3.8) is 0 Å². The summed E-state index contributed by atoms with van der Waals surface area (Å²) in [6.07, 6.45) is 10.2. The predicted octanol–water partition coefficient (Wildman–Crippen LogP) is 4.79. The van der Waals surface area contributed by atoms with Gasteiger partial charge in [0.1, 0.15) is 0 Å². The third kappa shape index (κ3) is 4.25. The Morgan fingerprint density at radius 2 is 2.05 bits per heavy atom. The Morgan fingerprint density at radius 3 is 2.74 bits per heavy atom. The molecule has 0 aromatic heterocycles. The van der Waals surface area contributed by atoms with E-state index < -0.39 is 0 Å². The molecule has 19 heavy (non-hydrogen) atoms. The van der Waals surface area contributed by atoms with Crippen LogP contribution in [0.2, 0.25) is 0 Å². The van der Waals surface area contributed by atoms with Crippen molar-refractivity contribution in [3.8, 4) is 0 Å². The molecule has 2 rings (SSSR count). The van der Waals surface area contributed by atoms with Gasteiger partial charge in [-0.15, -0.1) is 0 Å². The Labute approximate surface area is 122 Å². The molecule has 3 atom stereocenters. The van der Waals surface area contributed by atoms with Crippen LogP contribution in [0.15, 0.2) is 30.3 Å². The van der Waals surface area contributed by atoms with E-state index >= 15 is 0 Å². The molecule has 1 aliphatic rings. The van der Waals surface area contributed by atoms with Gasteiger partial charge in [-0.3, -0.25) is 0 Å². The van der Waals surface area contributed by atoms with Crippen LogP contribution < -0.4 is 5.32 Å². The van der Waals surface area contributed by atoms with Gasteiger partial charge in [-0.1, -0.05) is 56.5 Å². The monoisotopic (exact) mass is 277 g/mol. The van der Waals surface area contributed by atoms with E-state index in [4.69, 9.17) is 0 Å². The standard InChI is InChI=1S/C17H27NS/c1-3-4-11-15(14-9-6-5-7-10-14)18-16-12-8-13-17(16)19-2/h5-7,9-10,15-18H,3-4,8,11-13H2,1-2H3. The van der Waals surface area contributed by atoms with Crippen molar-refractivity contribution in [3.05, 3.63) is 35.9 Å². The minimum Gasteiger partial charge on any atom is -0.306 e. The lowest BCUT2D eigenvalue weighted by molar-refractivity contribution is 0.415. The molecule has 1 aromatic rings. The van der Waals surface area contributed by atoms with E-state index in [1.165, 1.54) is 44.1 Å². The molecule has 0 bridgehead atoms. The molecule has 1 aromatic carbocycles. The highest BCUT2D eigenvalue weighted by Gasteiger charge is 2.28. The SMILES string of the molecule is CCCCC(NC1CCCC1SC)c1ccccc1. The Balaban J connectivity index is 2.01. The van der Waals surface area contributed by atoms with Crippen molar-refractivity contribution in [1.29, 1.82) is 0 Å². The molecule has 0 amide bonds. The first-order chi connectivity index (χ1) is 9.35. The van der Waals surface area contributed by atoms with E-state index in [1.807, 2.05) is 11.8 Å². The Morgan fingerprint density at radius 1 is 1.26 bits per heavy atom. The molecule has 0 saturated heterocycles. The van der Waals surface area contributed by atoms with Crippen molar-refractivity contribution in [2.75, 3.05) is 6.26 Å². The summed E-state index contributed by atoms with van der Waals surface area (Å²) in [5.41, 5.74) is 1.46. The first-order valence-corrected chi connectivity index (χ1v) is 8.97. The van der Waals surface area contributed by atoms with E-state index in [-0.39, 0.29) is 0 Å². The lowest BCUT2D eigenvalue weighted by Crippen LogP contribution is -2.37. The summed E-state index contributed by atoms with van der Waals surface area (Å²) in [5.74, 6) is 0. The Kier molecular flexibility index (Phi) is 6.25. The Hall–Kier alpha value is -0.470. The van der Waals surface area contributed by atoms with Gasteiger partial charge < -0.3 is 5.32 Å². The van der Waals surface area contributed by atoms with Crippen LogP contribution in [0.5, 0.6) is 0 Å². The van der Waals surface area contributed by atoms with Crippen LogP contribution >= 0.6 is 11.8 Å². The van der Waals surface area contributed by atoms with Gasteiger partial charge in [-0.25, -0.2) is 0 Å². The minimum absolute atomic E-state index is 0.541. The molecule has 1 saturated carbocycles. The number of hydrogen-bond donors (Lipinski definition) is 1. The van der Waals surface area contributed by atoms with Crippen LogP contribution in [0.1, 0.15) is 57.1 Å². The maximum absolute atomic E-state index is 3.95. The fourth-order valence-electron chi connectivity index (χ4n) is 3.10. The van der Waals surface area contributed by atoms with E-state index in [2.05, 4.69) is 48.8 Å². The van der Waals surface area contributed by atoms with Crippen LogP contribution in [-0.4, -0.2) is 17.5 Å². The predicted molar refractivity (Wildman–Crippen MR) is 86.8 cm³/mol. The molecule has 1 aliphatic carbocycles. The molecule has 1 N–H and O–H groups in total. The fourth-order valence-corrected chi connectivity index (χ4v) is 4.04. The highest BCUT2D eigenvalue weighted by molar-refractivity contribution is 7.99. The van der Waals surface area contributed by atoms with Gasteiger partial charge >= 0.3 is 0 Å². The van der Waals surface area contributed by atoms with Crippen LogP contribution in [0.3, 0.4) is 0 Å². The number of nitrogens with one attached hydrogen (secondary N) is 1. The average molecular weight is 277 g/mol. The summed E-state index contributed by atoms with van der Waals surface area (Å²) >= 11 is 2.04. The van der Waals surface area contributed by atoms with Gasteiger partial charge in [-0.2, -0.15) is 11.8 Å². The quantitative estimate of drug-likeness (QED) is 0.769. The van der Waals surface area contributed by atoms with Gasteiger partial charge in [0.2, 0.25) is 0 Å². The molecular formula is C17H27NS. The molecule has 0 spiro atoms. The maximum atomic E-state index is 3.95. The zero-order chi connectivity index (χ0) is 13.5. The zero-order valence-corrected chi connectivity index (χ0v) is 13.1. The van der Waals surface area contributed by atoms with Gasteiger partial charge in [-0.05, 0) is 31.1 Å². The molecule has 0 heterocycles. The normalized spacial score (nSPS) is 24.5. The van der Waals surface area contributed by atoms with Crippen LogP contribution in [0, 0.1) is 0 Å². The van der Waals surface area contributed by atoms with Crippen molar-refractivity contribution in [2.24, 2.45) is 0 Å². The third-order valence-corrected chi connectivity index (χ3v) is 5.39. The van der Waals surface area contributed by atoms with Crippen LogP contribution in [-0.2, 0) is 0 Å². The number of thioether (sulfide) groups is 1. The second kappa shape index (κ2) is 7.96. The lowest BCUT2D eigenvalue weighted by Gasteiger charge is -2.27.